The number of imide groups is 1. The van der Waals surface area contributed by atoms with E-state index in [1.54, 1.807) is 30.3 Å². The molecule has 3 aromatic rings. The first kappa shape index (κ1) is 26.9. The van der Waals surface area contributed by atoms with Crippen LogP contribution in [0.25, 0.3) is 0 Å². The Hall–Kier alpha value is -4.18. The topological polar surface area (TPSA) is 122 Å². The number of nitrogens with zero attached hydrogens (tertiary/aromatic N) is 1. The van der Waals surface area contributed by atoms with E-state index in [1.807, 2.05) is 12.1 Å². The highest BCUT2D eigenvalue weighted by Gasteiger charge is 2.33. The van der Waals surface area contributed by atoms with Crippen LogP contribution in [0.1, 0.15) is 49.5 Å². The summed E-state index contributed by atoms with van der Waals surface area (Å²) in [4.78, 5) is 38.0. The summed E-state index contributed by atoms with van der Waals surface area (Å²) >= 11 is 0. The van der Waals surface area contributed by atoms with Gasteiger partial charge in [0.2, 0.25) is 11.8 Å². The highest BCUT2D eigenvalue weighted by atomic mass is 32.2. The van der Waals surface area contributed by atoms with Crippen molar-refractivity contribution < 1.29 is 27.5 Å². The van der Waals surface area contributed by atoms with E-state index in [2.05, 4.69) is 30.8 Å². The first-order chi connectivity index (χ1) is 17.9. The van der Waals surface area contributed by atoms with Crippen LogP contribution in [0.3, 0.4) is 0 Å². The Morgan fingerprint density at radius 1 is 0.895 bits per heavy atom. The van der Waals surface area contributed by atoms with E-state index in [0.29, 0.717) is 11.3 Å². The van der Waals surface area contributed by atoms with Crippen LogP contribution in [0.15, 0.2) is 71.6 Å². The van der Waals surface area contributed by atoms with Gasteiger partial charge in [-0.15, -0.1) is 0 Å². The van der Waals surface area contributed by atoms with E-state index in [1.165, 1.54) is 31.4 Å². The molecule has 3 aromatic carbocycles. The van der Waals surface area contributed by atoms with Crippen molar-refractivity contribution in [3.8, 4) is 5.75 Å². The quantitative estimate of drug-likeness (QED) is 0.423. The number of anilines is 3. The van der Waals surface area contributed by atoms with Gasteiger partial charge in [0.15, 0.2) is 0 Å². The van der Waals surface area contributed by atoms with Gasteiger partial charge in [-0.05, 0) is 59.5 Å². The van der Waals surface area contributed by atoms with Gasteiger partial charge >= 0.3 is 0 Å². The second-order valence-corrected chi connectivity index (χ2v) is 11.6. The van der Waals surface area contributed by atoms with Crippen molar-refractivity contribution in [3.05, 3.63) is 77.9 Å². The lowest BCUT2D eigenvalue weighted by atomic mass is 9.87. The molecule has 1 saturated heterocycles. The summed E-state index contributed by atoms with van der Waals surface area (Å²) in [5, 5.41) is 2.78. The van der Waals surface area contributed by atoms with Gasteiger partial charge in [0.05, 0.1) is 23.4 Å². The molecule has 38 heavy (non-hydrogen) atoms. The fourth-order valence-electron chi connectivity index (χ4n) is 4.06. The van der Waals surface area contributed by atoms with Gasteiger partial charge in [-0.1, -0.05) is 39.0 Å². The standard InChI is InChI=1S/C28H29N3O6S/c1-28(2,3)19-10-8-18(9-11-19)27(34)29-20-6-5-7-21(16-20)30-38(35,36)22-12-13-24(37-4)23(17-22)31-25(32)14-15-26(31)33/h5-13,16-17,30H,14-15H2,1-4H3,(H,29,34). The summed E-state index contributed by atoms with van der Waals surface area (Å²) in [7, 11) is -2.74. The van der Waals surface area contributed by atoms with Gasteiger partial charge in [0, 0.05) is 24.1 Å². The first-order valence-corrected chi connectivity index (χ1v) is 13.5. The zero-order valence-electron chi connectivity index (χ0n) is 21.6. The molecular weight excluding hydrogens is 506 g/mol. The molecule has 198 valence electrons. The monoisotopic (exact) mass is 535 g/mol. The van der Waals surface area contributed by atoms with Crippen molar-refractivity contribution in [2.45, 2.75) is 43.9 Å². The number of benzene rings is 3. The number of carbonyl (C=O) groups is 3. The van der Waals surface area contributed by atoms with Crippen LogP contribution in [-0.2, 0) is 25.0 Å². The number of nitrogens with one attached hydrogen (secondary N) is 2. The smallest absolute Gasteiger partial charge is 0.261 e. The molecular formula is C28H29N3O6S. The Labute approximate surface area is 221 Å². The van der Waals surface area contributed by atoms with Crippen LogP contribution in [0.2, 0.25) is 0 Å². The van der Waals surface area contributed by atoms with Crippen LogP contribution < -0.4 is 19.7 Å². The van der Waals surface area contributed by atoms with Gasteiger partial charge in [0.1, 0.15) is 5.75 Å². The van der Waals surface area contributed by atoms with Gasteiger partial charge in [-0.2, -0.15) is 0 Å². The molecule has 0 atom stereocenters. The normalized spacial score (nSPS) is 13.9. The second kappa shape index (κ2) is 10.3. The van der Waals surface area contributed by atoms with Gasteiger partial charge in [-0.25, -0.2) is 13.3 Å². The first-order valence-electron chi connectivity index (χ1n) is 12.0. The van der Waals surface area contributed by atoms with Crippen LogP contribution in [-0.4, -0.2) is 33.2 Å². The summed E-state index contributed by atoms with van der Waals surface area (Å²) < 4.78 is 34.1. The predicted octanol–water partition coefficient (Wildman–Crippen LogP) is 4.70. The minimum absolute atomic E-state index is 0.0370. The molecule has 1 aliphatic heterocycles. The molecule has 0 spiro atoms. The van der Waals surface area contributed by atoms with Gasteiger partial charge < -0.3 is 10.1 Å². The highest BCUT2D eigenvalue weighted by molar-refractivity contribution is 7.92. The Morgan fingerprint density at radius 2 is 1.53 bits per heavy atom. The number of methoxy groups -OCH3 is 1. The number of carbonyl (C=O) groups excluding carboxylic acids is 3. The maximum Gasteiger partial charge on any atom is 0.261 e. The van der Waals surface area contributed by atoms with E-state index in [9.17, 15) is 22.8 Å². The molecule has 10 heteroatoms. The molecule has 0 aliphatic carbocycles. The number of sulfonamides is 1. The number of amides is 3. The fourth-order valence-corrected chi connectivity index (χ4v) is 5.13. The summed E-state index contributed by atoms with van der Waals surface area (Å²) in [5.41, 5.74) is 2.23. The summed E-state index contributed by atoms with van der Waals surface area (Å²) in [6, 6.07) is 17.6. The third kappa shape index (κ3) is 5.70. The largest absolute Gasteiger partial charge is 0.495 e. The van der Waals surface area contributed by atoms with Crippen molar-refractivity contribution >= 4 is 44.8 Å². The molecule has 9 nitrogen and oxygen atoms in total. The fraction of sp³-hybridized carbons (Fsp3) is 0.250. The predicted molar refractivity (Wildman–Crippen MR) is 145 cm³/mol. The number of rotatable bonds is 7. The molecule has 0 saturated carbocycles. The average Bonchev–Trinajstić information content (AvgIpc) is 3.20. The molecule has 3 amide bonds. The zero-order valence-corrected chi connectivity index (χ0v) is 22.4. The molecule has 0 radical (unpaired) electrons. The maximum absolute atomic E-state index is 13.2. The minimum Gasteiger partial charge on any atom is -0.495 e. The van der Waals surface area contributed by atoms with Crippen LogP contribution in [0.5, 0.6) is 5.75 Å². The maximum atomic E-state index is 13.2. The Morgan fingerprint density at radius 3 is 2.13 bits per heavy atom. The molecule has 0 aromatic heterocycles. The molecule has 1 aliphatic rings. The van der Waals surface area contributed by atoms with E-state index in [-0.39, 0.29) is 46.2 Å². The lowest BCUT2D eigenvalue weighted by Gasteiger charge is -2.19. The summed E-state index contributed by atoms with van der Waals surface area (Å²) in [5.74, 6) is -0.974. The molecule has 0 bridgehead atoms. The Balaban J connectivity index is 1.54. The number of hydrogen-bond donors (Lipinski definition) is 2. The molecule has 1 fully saturated rings. The van der Waals surface area contributed by atoms with Crippen molar-refractivity contribution in [2.75, 3.05) is 22.0 Å². The Bertz CT molecular complexity index is 1490. The van der Waals surface area contributed by atoms with E-state index in [0.717, 1.165) is 10.5 Å². The molecule has 2 N–H and O–H groups in total. The number of ether oxygens (including phenoxy) is 1. The molecule has 1 heterocycles. The third-order valence-corrected chi connectivity index (χ3v) is 7.52. The average molecular weight is 536 g/mol. The van der Waals surface area contributed by atoms with Crippen molar-refractivity contribution in [3.63, 3.8) is 0 Å². The zero-order chi connectivity index (χ0) is 27.7. The third-order valence-electron chi connectivity index (χ3n) is 6.14. The lowest BCUT2D eigenvalue weighted by molar-refractivity contribution is -0.121. The van der Waals surface area contributed by atoms with Crippen LogP contribution >= 0.6 is 0 Å². The minimum atomic E-state index is -4.11. The SMILES string of the molecule is COc1ccc(S(=O)(=O)Nc2cccc(NC(=O)c3ccc(C(C)(C)C)cc3)c2)cc1N1C(=O)CCC1=O. The highest BCUT2D eigenvalue weighted by Crippen LogP contribution is 2.35. The van der Waals surface area contributed by atoms with Gasteiger partial charge in [-0.3, -0.25) is 19.1 Å². The van der Waals surface area contributed by atoms with E-state index >= 15 is 0 Å². The van der Waals surface area contributed by atoms with Crippen LogP contribution in [0.4, 0.5) is 17.1 Å². The molecule has 0 unspecified atom stereocenters. The van der Waals surface area contributed by atoms with Crippen molar-refractivity contribution in [2.24, 2.45) is 0 Å². The summed E-state index contributed by atoms with van der Waals surface area (Å²) in [6.45, 7) is 6.27. The van der Waals surface area contributed by atoms with Gasteiger partial charge in [0.25, 0.3) is 15.9 Å². The van der Waals surface area contributed by atoms with Crippen molar-refractivity contribution in [1.82, 2.24) is 0 Å². The van der Waals surface area contributed by atoms with Crippen LogP contribution in [0, 0.1) is 0 Å². The lowest BCUT2D eigenvalue weighted by Crippen LogP contribution is -2.29. The second-order valence-electron chi connectivity index (χ2n) is 9.92. The summed E-state index contributed by atoms with van der Waals surface area (Å²) in [6.07, 6.45) is 0.104. The molecule has 4 rings (SSSR count). The number of hydrogen-bond acceptors (Lipinski definition) is 6. The van der Waals surface area contributed by atoms with E-state index in [4.69, 9.17) is 4.74 Å². The van der Waals surface area contributed by atoms with Crippen molar-refractivity contribution in [1.29, 1.82) is 0 Å². The van der Waals surface area contributed by atoms with E-state index < -0.39 is 21.8 Å². The Kier molecular flexibility index (Phi) is 7.28.